The molecule has 0 aliphatic carbocycles. The summed E-state index contributed by atoms with van der Waals surface area (Å²) in [5.74, 6) is 2.25. The molecule has 148 valence electrons. The molecule has 0 saturated carbocycles. The number of hydrogen-bond acceptors (Lipinski definition) is 6. The van der Waals surface area contributed by atoms with Gasteiger partial charge in [0.1, 0.15) is 11.5 Å². The van der Waals surface area contributed by atoms with Gasteiger partial charge in [0.15, 0.2) is 0 Å². The van der Waals surface area contributed by atoms with Crippen LogP contribution in [0, 0.1) is 20.8 Å². The van der Waals surface area contributed by atoms with Gasteiger partial charge in [-0.2, -0.15) is 0 Å². The number of benzene rings is 1. The topological polar surface area (TPSA) is 84.4 Å². The number of halogens is 1. The first-order valence-corrected chi connectivity index (χ1v) is 9.41. The summed E-state index contributed by atoms with van der Waals surface area (Å²) < 4.78 is 11.3. The van der Waals surface area contributed by atoms with Crippen LogP contribution in [-0.4, -0.2) is 34.1 Å². The minimum Gasteiger partial charge on any atom is -0.466 e. The van der Waals surface area contributed by atoms with E-state index in [0.717, 1.165) is 22.6 Å². The van der Waals surface area contributed by atoms with Gasteiger partial charge in [0.2, 0.25) is 11.8 Å². The van der Waals surface area contributed by atoms with E-state index in [1.54, 1.807) is 12.1 Å². The Morgan fingerprint density at radius 1 is 1.18 bits per heavy atom. The Morgan fingerprint density at radius 3 is 2.64 bits per heavy atom. The number of nitrogens with zero attached hydrogens (tertiary/aromatic N) is 3. The molecule has 0 atom stereocenters. The fourth-order valence-corrected chi connectivity index (χ4v) is 3.03. The van der Waals surface area contributed by atoms with Gasteiger partial charge in [-0.25, -0.2) is 0 Å². The van der Waals surface area contributed by atoms with Gasteiger partial charge in [-0.05, 0) is 51.1 Å². The molecule has 0 radical (unpaired) electrons. The Labute approximate surface area is 168 Å². The zero-order chi connectivity index (χ0) is 20.3. The number of carbonyl (C=O) groups excluding carboxylic acids is 1. The normalized spacial score (nSPS) is 11.2. The molecule has 7 nitrogen and oxygen atoms in total. The third-order valence-corrected chi connectivity index (χ3v) is 4.62. The third kappa shape index (κ3) is 4.79. The molecule has 28 heavy (non-hydrogen) atoms. The summed E-state index contributed by atoms with van der Waals surface area (Å²) >= 11 is 6.01. The molecule has 0 unspecified atom stereocenters. The van der Waals surface area contributed by atoms with Gasteiger partial charge in [-0.3, -0.25) is 9.69 Å². The summed E-state index contributed by atoms with van der Waals surface area (Å²) in [5.41, 5.74) is 2.45. The molecule has 1 amide bonds. The second-order valence-electron chi connectivity index (χ2n) is 6.64. The fourth-order valence-electron chi connectivity index (χ4n) is 2.86. The summed E-state index contributed by atoms with van der Waals surface area (Å²) in [6, 6.07) is 7.27. The second kappa shape index (κ2) is 8.58. The van der Waals surface area contributed by atoms with E-state index in [1.807, 2.05) is 44.7 Å². The first-order chi connectivity index (χ1) is 13.4. The number of carbonyl (C=O) groups is 1. The molecule has 3 aromatic rings. The number of aryl methyl sites for hydroxylation is 3. The van der Waals surface area contributed by atoms with E-state index in [-0.39, 0.29) is 12.5 Å². The number of nitrogens with one attached hydrogen (secondary N) is 1. The summed E-state index contributed by atoms with van der Waals surface area (Å²) in [5, 5.41) is 11.7. The van der Waals surface area contributed by atoms with Gasteiger partial charge in [0, 0.05) is 10.7 Å². The van der Waals surface area contributed by atoms with E-state index in [1.165, 1.54) is 0 Å². The van der Waals surface area contributed by atoms with Crippen LogP contribution in [0.25, 0.3) is 11.5 Å². The lowest BCUT2D eigenvalue weighted by molar-refractivity contribution is -0.117. The number of furan rings is 1. The van der Waals surface area contributed by atoms with Gasteiger partial charge in [0.05, 0.1) is 18.7 Å². The SMILES string of the molecule is CCN(CC(=O)Nc1cc(Cl)ccc1C)Cc1nnc(-c2cc(C)oc2C)o1. The van der Waals surface area contributed by atoms with Gasteiger partial charge in [0.25, 0.3) is 5.89 Å². The average molecular weight is 403 g/mol. The largest absolute Gasteiger partial charge is 0.466 e. The molecule has 1 N–H and O–H groups in total. The highest BCUT2D eigenvalue weighted by Crippen LogP contribution is 2.25. The number of hydrogen-bond donors (Lipinski definition) is 1. The Balaban J connectivity index is 1.63. The number of amides is 1. The van der Waals surface area contributed by atoms with E-state index in [9.17, 15) is 4.79 Å². The number of likely N-dealkylation sites (N-methyl/N-ethyl adjacent to an activating group) is 1. The third-order valence-electron chi connectivity index (χ3n) is 4.39. The highest BCUT2D eigenvalue weighted by atomic mass is 35.5. The zero-order valence-electron chi connectivity index (χ0n) is 16.4. The lowest BCUT2D eigenvalue weighted by Crippen LogP contribution is -2.33. The van der Waals surface area contributed by atoms with Crippen LogP contribution in [0.3, 0.4) is 0 Å². The standard InChI is InChI=1S/C20H23ClN4O3/c1-5-25(10-18(26)22-17-9-15(21)7-6-12(17)2)11-19-23-24-20(28-19)16-8-13(3)27-14(16)4/h6-9H,5,10-11H2,1-4H3,(H,22,26). The number of anilines is 1. The summed E-state index contributed by atoms with van der Waals surface area (Å²) in [7, 11) is 0. The van der Waals surface area contributed by atoms with Crippen LogP contribution in [-0.2, 0) is 11.3 Å². The van der Waals surface area contributed by atoms with Crippen molar-refractivity contribution in [3.63, 3.8) is 0 Å². The molecular formula is C20H23ClN4O3. The van der Waals surface area contributed by atoms with Gasteiger partial charge in [-0.15, -0.1) is 10.2 Å². The van der Waals surface area contributed by atoms with Crippen LogP contribution in [0.4, 0.5) is 5.69 Å². The van der Waals surface area contributed by atoms with Crippen molar-refractivity contribution in [2.45, 2.75) is 34.2 Å². The Bertz CT molecular complexity index is 980. The van der Waals surface area contributed by atoms with Gasteiger partial charge >= 0.3 is 0 Å². The van der Waals surface area contributed by atoms with Crippen LogP contribution < -0.4 is 5.32 Å². The molecule has 0 saturated heterocycles. The number of rotatable bonds is 7. The van der Waals surface area contributed by atoms with Crippen molar-refractivity contribution < 1.29 is 13.6 Å². The van der Waals surface area contributed by atoms with Crippen molar-refractivity contribution in [1.29, 1.82) is 0 Å². The summed E-state index contributed by atoms with van der Waals surface area (Å²) in [4.78, 5) is 14.4. The maximum absolute atomic E-state index is 12.4. The van der Waals surface area contributed by atoms with E-state index in [0.29, 0.717) is 35.6 Å². The maximum atomic E-state index is 12.4. The van der Waals surface area contributed by atoms with Crippen molar-refractivity contribution in [3.05, 3.63) is 52.3 Å². The molecule has 2 heterocycles. The molecule has 1 aromatic carbocycles. The number of aromatic nitrogens is 2. The Kier molecular flexibility index (Phi) is 6.16. The molecule has 0 bridgehead atoms. The van der Waals surface area contributed by atoms with Crippen molar-refractivity contribution >= 4 is 23.2 Å². The predicted octanol–water partition coefficient (Wildman–Crippen LogP) is 4.37. The average Bonchev–Trinajstić information content (AvgIpc) is 3.23. The van der Waals surface area contributed by atoms with Crippen LogP contribution >= 0.6 is 11.6 Å². The highest BCUT2D eigenvalue weighted by molar-refractivity contribution is 6.31. The smallest absolute Gasteiger partial charge is 0.251 e. The first kappa shape index (κ1) is 20.1. The first-order valence-electron chi connectivity index (χ1n) is 9.04. The zero-order valence-corrected chi connectivity index (χ0v) is 17.1. The minimum absolute atomic E-state index is 0.131. The predicted molar refractivity (Wildman–Crippen MR) is 107 cm³/mol. The monoisotopic (exact) mass is 402 g/mol. The van der Waals surface area contributed by atoms with Crippen molar-refractivity contribution in [1.82, 2.24) is 15.1 Å². The lowest BCUT2D eigenvalue weighted by atomic mass is 10.2. The van der Waals surface area contributed by atoms with Gasteiger partial charge in [-0.1, -0.05) is 24.6 Å². The van der Waals surface area contributed by atoms with Crippen LogP contribution in [0.5, 0.6) is 0 Å². The quantitative estimate of drug-likeness (QED) is 0.631. The second-order valence-corrected chi connectivity index (χ2v) is 7.07. The molecule has 2 aromatic heterocycles. The van der Waals surface area contributed by atoms with Crippen LogP contribution in [0.15, 0.2) is 33.1 Å². The summed E-state index contributed by atoms with van der Waals surface area (Å²) in [6.45, 7) is 8.84. The molecule has 0 fully saturated rings. The minimum atomic E-state index is -0.131. The molecule has 0 aliphatic rings. The van der Waals surface area contributed by atoms with E-state index >= 15 is 0 Å². The fraction of sp³-hybridized carbons (Fsp3) is 0.350. The van der Waals surface area contributed by atoms with Crippen LogP contribution in [0.2, 0.25) is 5.02 Å². The molecule has 8 heteroatoms. The Morgan fingerprint density at radius 2 is 1.96 bits per heavy atom. The molecule has 0 spiro atoms. The van der Waals surface area contributed by atoms with E-state index < -0.39 is 0 Å². The maximum Gasteiger partial charge on any atom is 0.251 e. The van der Waals surface area contributed by atoms with Crippen molar-refractivity contribution in [2.24, 2.45) is 0 Å². The van der Waals surface area contributed by atoms with Crippen LogP contribution in [0.1, 0.15) is 29.9 Å². The molecular weight excluding hydrogens is 380 g/mol. The molecule has 0 aliphatic heterocycles. The van der Waals surface area contributed by atoms with Crippen molar-refractivity contribution in [2.75, 3.05) is 18.4 Å². The summed E-state index contributed by atoms with van der Waals surface area (Å²) in [6.07, 6.45) is 0. The van der Waals surface area contributed by atoms with E-state index in [4.69, 9.17) is 20.4 Å². The molecule has 3 rings (SSSR count). The Hall–Kier alpha value is -2.64. The van der Waals surface area contributed by atoms with E-state index in [2.05, 4.69) is 15.5 Å². The van der Waals surface area contributed by atoms with Gasteiger partial charge < -0.3 is 14.2 Å². The van der Waals surface area contributed by atoms with Crippen molar-refractivity contribution in [3.8, 4) is 11.5 Å². The highest BCUT2D eigenvalue weighted by Gasteiger charge is 2.17. The lowest BCUT2D eigenvalue weighted by Gasteiger charge is -2.18.